The fourth-order valence-corrected chi connectivity index (χ4v) is 3.72. The Bertz CT molecular complexity index is 1100. The summed E-state index contributed by atoms with van der Waals surface area (Å²) in [5.41, 5.74) is -8.59. The van der Waals surface area contributed by atoms with Gasteiger partial charge in [0.15, 0.2) is 5.75 Å². The molecule has 0 radical (unpaired) electrons. The molecule has 0 fully saturated rings. The van der Waals surface area contributed by atoms with Crippen molar-refractivity contribution in [2.45, 2.75) is 30.6 Å². The van der Waals surface area contributed by atoms with Crippen LogP contribution in [0.4, 0.5) is 59.7 Å². The number of benzene rings is 2. The highest BCUT2D eigenvalue weighted by Crippen LogP contribution is 2.59. The fraction of sp³-hybridized carbons (Fsp3) is 0.300. The number of nitrogens with zero attached hydrogens (tertiary/aromatic N) is 1. The van der Waals surface area contributed by atoms with E-state index in [1.165, 1.54) is 18.2 Å². The highest BCUT2D eigenvalue weighted by atomic mass is 35.5. The normalized spacial score (nSPS) is 16.4. The van der Waals surface area contributed by atoms with E-state index in [4.69, 9.17) is 11.6 Å². The maximum atomic E-state index is 14.9. The fourth-order valence-electron chi connectivity index (χ4n) is 3.41. The van der Waals surface area contributed by atoms with E-state index in [1.807, 2.05) is 0 Å². The molecule has 14 heteroatoms. The lowest BCUT2D eigenvalue weighted by molar-refractivity contribution is -0.389. The molecule has 0 spiro atoms. The van der Waals surface area contributed by atoms with E-state index in [1.54, 1.807) is 18.2 Å². The molecule has 3 rings (SSSR count). The summed E-state index contributed by atoms with van der Waals surface area (Å²) in [4.78, 5) is 1.13. The van der Waals surface area contributed by atoms with E-state index in [0.29, 0.717) is 5.56 Å². The lowest BCUT2D eigenvalue weighted by Gasteiger charge is -2.37. The quantitative estimate of drug-likeness (QED) is 0.366. The summed E-state index contributed by atoms with van der Waals surface area (Å²) in [5.74, 6) is -8.35. The minimum atomic E-state index is -7.01. The van der Waals surface area contributed by atoms with Gasteiger partial charge in [-0.2, -0.15) is 43.9 Å². The van der Waals surface area contributed by atoms with Crippen LogP contribution in [0.2, 0.25) is 5.02 Å². The van der Waals surface area contributed by atoms with Crippen LogP contribution in [0.5, 0.6) is 5.75 Å². The van der Waals surface area contributed by atoms with Gasteiger partial charge in [0, 0.05) is 17.8 Å². The second kappa shape index (κ2) is 8.51. The zero-order valence-electron chi connectivity index (χ0n) is 16.3. The van der Waals surface area contributed by atoms with Crippen molar-refractivity contribution in [3.63, 3.8) is 0 Å². The minimum Gasteiger partial charge on any atom is -0.433 e. The molecule has 2 nitrogen and oxygen atoms in total. The van der Waals surface area contributed by atoms with Gasteiger partial charge in [-0.15, -0.1) is 0 Å². The third-order valence-electron chi connectivity index (χ3n) is 4.90. The molecule has 0 saturated carbocycles. The van der Waals surface area contributed by atoms with Crippen molar-refractivity contribution < 1.29 is 53.0 Å². The zero-order chi connectivity index (χ0) is 25.7. The Hall–Kier alpha value is -2.70. The molecule has 1 atom stereocenters. The topological polar surface area (TPSA) is 12.5 Å². The number of alkyl halides is 11. The van der Waals surface area contributed by atoms with Crippen molar-refractivity contribution >= 4 is 29.1 Å². The van der Waals surface area contributed by atoms with Gasteiger partial charge in [0.05, 0.1) is 5.02 Å². The predicted molar refractivity (Wildman–Crippen MR) is 100 cm³/mol. The van der Waals surface area contributed by atoms with Gasteiger partial charge in [-0.05, 0) is 23.8 Å². The third kappa shape index (κ3) is 4.14. The molecule has 0 aliphatic carbocycles. The molecule has 186 valence electrons. The molecule has 0 amide bonds. The van der Waals surface area contributed by atoms with Crippen LogP contribution in [0.25, 0.3) is 6.08 Å². The first-order valence-electron chi connectivity index (χ1n) is 9.04. The van der Waals surface area contributed by atoms with Gasteiger partial charge in [0.1, 0.15) is 5.69 Å². The maximum Gasteiger partial charge on any atom is 0.457 e. The summed E-state index contributed by atoms with van der Waals surface area (Å²) in [7, 11) is 0. The summed E-state index contributed by atoms with van der Waals surface area (Å²) in [5, 5.41) is -1.04. The van der Waals surface area contributed by atoms with Crippen LogP contribution < -0.4 is 9.64 Å². The lowest BCUT2D eigenvalue weighted by Crippen LogP contribution is -2.59. The monoisotopic (exact) mass is 525 g/mol. The minimum absolute atomic E-state index is 0.122. The molecule has 2 aromatic carbocycles. The zero-order valence-corrected chi connectivity index (χ0v) is 17.1. The Morgan fingerprint density at radius 1 is 0.882 bits per heavy atom. The van der Waals surface area contributed by atoms with Crippen molar-refractivity contribution in [2.75, 3.05) is 11.4 Å². The van der Waals surface area contributed by atoms with Gasteiger partial charge in [0.2, 0.25) is 0 Å². The van der Waals surface area contributed by atoms with Crippen molar-refractivity contribution in [3.8, 4) is 5.75 Å². The van der Waals surface area contributed by atoms with Gasteiger partial charge < -0.3 is 9.64 Å². The van der Waals surface area contributed by atoms with Crippen molar-refractivity contribution in [1.29, 1.82) is 0 Å². The van der Waals surface area contributed by atoms with Crippen LogP contribution in [0.1, 0.15) is 11.1 Å². The van der Waals surface area contributed by atoms with Crippen molar-refractivity contribution in [3.05, 3.63) is 58.6 Å². The van der Waals surface area contributed by atoms with Crippen LogP contribution in [0.3, 0.4) is 0 Å². The number of fused-ring (bicyclic) bond motifs is 1. The highest BCUT2D eigenvalue weighted by Gasteiger charge is 2.81. The van der Waals surface area contributed by atoms with E-state index in [9.17, 15) is 48.3 Å². The molecular formula is C20H11ClF11NO. The summed E-state index contributed by atoms with van der Waals surface area (Å²) in [6.07, 6.45) is -10.8. The molecule has 34 heavy (non-hydrogen) atoms. The van der Waals surface area contributed by atoms with Crippen LogP contribution in [0, 0.1) is 0 Å². The standard InChI is InChI=1S/C20H11ClF11NO/c21-12-8-11(17(24,19(27,28)29)18(25,26)20(30,31)32)9-14(34-16(22)23)15(12)33-7-3-5-10-4-1-2-6-13(10)33/h1-6,8-9,16H,7H2. The number of anilines is 2. The Morgan fingerprint density at radius 3 is 2.06 bits per heavy atom. The number of para-hydroxylation sites is 1. The summed E-state index contributed by atoms with van der Waals surface area (Å²) >= 11 is 5.89. The van der Waals surface area contributed by atoms with Gasteiger partial charge in [-0.3, -0.25) is 0 Å². The molecule has 0 bridgehead atoms. The van der Waals surface area contributed by atoms with Crippen molar-refractivity contribution in [2.24, 2.45) is 0 Å². The number of halogens is 12. The Balaban J connectivity index is 2.30. The lowest BCUT2D eigenvalue weighted by atomic mass is 9.87. The molecule has 1 aliphatic rings. The van der Waals surface area contributed by atoms with Gasteiger partial charge in [0.25, 0.3) is 0 Å². The molecule has 1 heterocycles. The van der Waals surface area contributed by atoms with Gasteiger partial charge in [-0.25, -0.2) is 4.39 Å². The second-order valence-electron chi connectivity index (χ2n) is 6.98. The first kappa shape index (κ1) is 25.9. The third-order valence-corrected chi connectivity index (χ3v) is 5.19. The number of hydrogen-bond donors (Lipinski definition) is 0. The first-order chi connectivity index (χ1) is 15.5. The SMILES string of the molecule is FC(F)Oc1cc(C(F)(C(F)(F)F)C(F)(F)C(F)(F)F)cc(Cl)c1N1CC=Cc2ccccc21. The molecular weight excluding hydrogens is 515 g/mol. The van der Waals surface area contributed by atoms with E-state index in [-0.39, 0.29) is 24.4 Å². The second-order valence-corrected chi connectivity index (χ2v) is 7.39. The first-order valence-corrected chi connectivity index (χ1v) is 9.42. The molecule has 0 N–H and O–H groups in total. The average molecular weight is 526 g/mol. The Kier molecular flexibility index (Phi) is 6.48. The largest absolute Gasteiger partial charge is 0.457 e. The molecule has 0 saturated heterocycles. The maximum absolute atomic E-state index is 14.9. The van der Waals surface area contributed by atoms with E-state index in [2.05, 4.69) is 4.74 Å². The van der Waals surface area contributed by atoms with Crippen LogP contribution >= 0.6 is 11.6 Å². The van der Waals surface area contributed by atoms with Crippen molar-refractivity contribution in [1.82, 2.24) is 0 Å². The summed E-state index contributed by atoms with van der Waals surface area (Å²) < 4.78 is 151. The van der Waals surface area contributed by atoms with E-state index in [0.717, 1.165) is 4.90 Å². The Morgan fingerprint density at radius 2 is 1.50 bits per heavy atom. The van der Waals surface area contributed by atoms with E-state index < -0.39 is 52.6 Å². The number of rotatable bonds is 5. The molecule has 2 aromatic rings. The van der Waals surface area contributed by atoms with Crippen LogP contribution in [-0.4, -0.2) is 31.4 Å². The molecule has 0 aromatic heterocycles. The van der Waals surface area contributed by atoms with Crippen LogP contribution in [0.15, 0.2) is 42.5 Å². The Labute approximate surface area is 189 Å². The van der Waals surface area contributed by atoms with Gasteiger partial charge >= 0.3 is 30.6 Å². The number of ether oxygens (including phenoxy) is 1. The molecule has 1 aliphatic heterocycles. The average Bonchev–Trinajstić information content (AvgIpc) is 2.70. The highest BCUT2D eigenvalue weighted by molar-refractivity contribution is 6.34. The predicted octanol–water partition coefficient (Wildman–Crippen LogP) is 8.03. The summed E-state index contributed by atoms with van der Waals surface area (Å²) in [6, 6.07) is 5.69. The molecule has 1 unspecified atom stereocenters. The van der Waals surface area contributed by atoms with E-state index >= 15 is 0 Å². The van der Waals surface area contributed by atoms with Crippen LogP contribution in [-0.2, 0) is 5.67 Å². The smallest absolute Gasteiger partial charge is 0.433 e. The van der Waals surface area contributed by atoms with Gasteiger partial charge in [-0.1, -0.05) is 42.0 Å². The number of hydrogen-bond acceptors (Lipinski definition) is 2. The summed E-state index contributed by atoms with van der Waals surface area (Å²) in [6.45, 7) is -3.90.